The molecule has 0 bridgehead atoms. The molecule has 2 heterocycles. The molecule has 2 aromatic heterocycles. The van der Waals surface area contributed by atoms with Crippen molar-refractivity contribution in [2.24, 2.45) is 0 Å². The Morgan fingerprint density at radius 3 is 0.615 bits per heavy atom. The molecule has 0 aliphatic rings. The highest BCUT2D eigenvalue weighted by Crippen LogP contribution is 2.47. The number of nitrogens with zero attached hydrogens (tertiary/aromatic N) is 2. The van der Waals surface area contributed by atoms with Gasteiger partial charge in [0.25, 0.3) is 0 Å². The van der Waals surface area contributed by atoms with Crippen LogP contribution in [0.2, 0.25) is 0 Å². The SMILES string of the molecule is CCCCn1c2ccccc2c2cc(-c3ccc(-c4c5ccccc5c(-c5ccc(-c6ccc(-c7ccccc7)cc6)cc5)c5ccccc45)cc3)ccc21.CCCCn1c2ccccc2c2cc(-c3ccc(-c4c5ccccc5c(-c5ccc(-c6ccccc6)cc5)c5ccccc45)cc3)ccc21. The van der Waals surface area contributed by atoms with Crippen molar-refractivity contribution in [1.29, 1.82) is 0 Å². The average molecular weight is 1330 g/mol. The van der Waals surface area contributed by atoms with Crippen molar-refractivity contribution >= 4 is 86.7 Å². The molecule has 0 spiro atoms. The van der Waals surface area contributed by atoms with E-state index in [-0.39, 0.29) is 0 Å². The molecule has 0 unspecified atom stereocenters. The quantitative estimate of drug-likeness (QED) is 0.0906. The first kappa shape index (κ1) is 63.5. The fraction of sp³-hybridized carbons (Fsp3) is 0.0784. The number of aryl methyl sites for hydroxylation is 2. The Morgan fingerprint density at radius 1 is 0.163 bits per heavy atom. The zero-order valence-electron chi connectivity index (χ0n) is 58.8. The Balaban J connectivity index is 0.000000149. The smallest absolute Gasteiger partial charge is 0.0491 e. The predicted octanol–water partition coefficient (Wildman–Crippen LogP) is 28.8. The van der Waals surface area contributed by atoms with Crippen molar-refractivity contribution in [3.8, 4) is 100 Å². The maximum absolute atomic E-state index is 2.50. The van der Waals surface area contributed by atoms with Crippen molar-refractivity contribution in [2.75, 3.05) is 0 Å². The van der Waals surface area contributed by atoms with E-state index in [2.05, 4.69) is 387 Å². The molecular weight excluding hydrogens is 1250 g/mol. The summed E-state index contributed by atoms with van der Waals surface area (Å²) in [7, 11) is 0. The van der Waals surface area contributed by atoms with E-state index in [1.807, 2.05) is 0 Å². The van der Waals surface area contributed by atoms with E-state index in [1.54, 1.807) is 0 Å². The number of benzene rings is 17. The van der Waals surface area contributed by atoms with Gasteiger partial charge < -0.3 is 9.13 Å². The highest BCUT2D eigenvalue weighted by Gasteiger charge is 2.21. The second-order valence-electron chi connectivity index (χ2n) is 27.8. The first-order valence-corrected chi connectivity index (χ1v) is 37.1. The molecule has 0 aliphatic carbocycles. The van der Waals surface area contributed by atoms with Gasteiger partial charge in [0, 0.05) is 56.7 Å². The van der Waals surface area contributed by atoms with Gasteiger partial charge >= 0.3 is 0 Å². The third kappa shape index (κ3) is 11.6. The van der Waals surface area contributed by atoms with E-state index in [0.717, 1.165) is 13.1 Å². The minimum Gasteiger partial charge on any atom is -0.340 e. The van der Waals surface area contributed by atoms with E-state index in [0.29, 0.717) is 0 Å². The molecule has 0 N–H and O–H groups in total. The Hall–Kier alpha value is -12.6. The molecule has 0 amide bonds. The number of hydrogen-bond acceptors (Lipinski definition) is 0. The summed E-state index contributed by atoms with van der Waals surface area (Å²) >= 11 is 0. The van der Waals surface area contributed by atoms with Gasteiger partial charge in [-0.2, -0.15) is 0 Å². The van der Waals surface area contributed by atoms with Crippen LogP contribution in [0.3, 0.4) is 0 Å². The second-order valence-corrected chi connectivity index (χ2v) is 27.8. The summed E-state index contributed by atoms with van der Waals surface area (Å²) in [6.45, 7) is 6.63. The van der Waals surface area contributed by atoms with E-state index in [9.17, 15) is 0 Å². The zero-order chi connectivity index (χ0) is 69.5. The van der Waals surface area contributed by atoms with Gasteiger partial charge in [-0.15, -0.1) is 0 Å². The van der Waals surface area contributed by atoms with Crippen LogP contribution in [0.25, 0.3) is 187 Å². The molecule has 19 rings (SSSR count). The Labute approximate surface area is 608 Å². The topological polar surface area (TPSA) is 9.86 Å². The van der Waals surface area contributed by atoms with Gasteiger partial charge in [-0.3, -0.25) is 0 Å². The van der Waals surface area contributed by atoms with Crippen molar-refractivity contribution in [1.82, 2.24) is 9.13 Å². The number of unbranched alkanes of at least 4 members (excludes halogenated alkanes) is 2. The van der Waals surface area contributed by atoms with E-state index in [4.69, 9.17) is 0 Å². The summed E-state index contributed by atoms with van der Waals surface area (Å²) in [4.78, 5) is 0. The number of fused-ring (bicyclic) bond motifs is 10. The van der Waals surface area contributed by atoms with Gasteiger partial charge in [0.05, 0.1) is 0 Å². The van der Waals surface area contributed by atoms with Gasteiger partial charge in [0.2, 0.25) is 0 Å². The van der Waals surface area contributed by atoms with Gasteiger partial charge in [-0.25, -0.2) is 0 Å². The van der Waals surface area contributed by atoms with Crippen molar-refractivity contribution < 1.29 is 0 Å². The molecule has 0 saturated carbocycles. The lowest BCUT2D eigenvalue weighted by molar-refractivity contribution is 0.665. The molecule has 2 heteroatoms. The highest BCUT2D eigenvalue weighted by atomic mass is 15.0. The number of rotatable bonds is 15. The van der Waals surface area contributed by atoms with Crippen LogP contribution in [0, 0.1) is 0 Å². The first-order valence-electron chi connectivity index (χ1n) is 37.1. The summed E-state index contributed by atoms with van der Waals surface area (Å²) in [5.74, 6) is 0. The van der Waals surface area contributed by atoms with E-state index in [1.165, 1.54) is 213 Å². The second kappa shape index (κ2) is 27.7. The van der Waals surface area contributed by atoms with Crippen LogP contribution in [0.15, 0.2) is 364 Å². The average Bonchev–Trinajstić information content (AvgIpc) is 1.21. The van der Waals surface area contributed by atoms with Crippen molar-refractivity contribution in [3.05, 3.63) is 364 Å². The van der Waals surface area contributed by atoms with Crippen LogP contribution in [0.1, 0.15) is 39.5 Å². The normalized spacial score (nSPS) is 11.6. The van der Waals surface area contributed by atoms with Crippen molar-refractivity contribution in [3.63, 3.8) is 0 Å². The van der Waals surface area contributed by atoms with Crippen LogP contribution < -0.4 is 0 Å². The molecule has 19 aromatic rings. The molecule has 0 fully saturated rings. The van der Waals surface area contributed by atoms with Gasteiger partial charge in [0.1, 0.15) is 0 Å². The Kier molecular flexibility index (Phi) is 16.9. The largest absolute Gasteiger partial charge is 0.340 e. The van der Waals surface area contributed by atoms with Crippen LogP contribution >= 0.6 is 0 Å². The highest BCUT2D eigenvalue weighted by molar-refractivity contribution is 6.23. The number of aromatic nitrogens is 2. The fourth-order valence-corrected chi connectivity index (χ4v) is 16.5. The fourth-order valence-electron chi connectivity index (χ4n) is 16.5. The number of para-hydroxylation sites is 2. The lowest BCUT2D eigenvalue weighted by atomic mass is 9.85. The van der Waals surface area contributed by atoms with Crippen LogP contribution in [-0.2, 0) is 13.1 Å². The molecule has 0 radical (unpaired) electrons. The van der Waals surface area contributed by atoms with Crippen LogP contribution in [-0.4, -0.2) is 9.13 Å². The maximum atomic E-state index is 2.50. The lowest BCUT2D eigenvalue weighted by Gasteiger charge is -2.18. The molecule has 496 valence electrons. The summed E-state index contributed by atoms with van der Waals surface area (Å²) in [6.07, 6.45) is 4.73. The van der Waals surface area contributed by atoms with Crippen LogP contribution in [0.5, 0.6) is 0 Å². The summed E-state index contributed by atoms with van der Waals surface area (Å²) in [6, 6.07) is 134. The summed E-state index contributed by atoms with van der Waals surface area (Å²) in [5, 5.41) is 15.5. The molecule has 0 saturated heterocycles. The molecule has 17 aromatic carbocycles. The molecule has 0 aliphatic heterocycles. The van der Waals surface area contributed by atoms with Gasteiger partial charge in [0.15, 0.2) is 0 Å². The minimum absolute atomic E-state index is 1.05. The van der Waals surface area contributed by atoms with Crippen LogP contribution in [0.4, 0.5) is 0 Å². The third-order valence-electron chi connectivity index (χ3n) is 21.7. The first-order chi connectivity index (χ1) is 51.5. The van der Waals surface area contributed by atoms with E-state index >= 15 is 0 Å². The van der Waals surface area contributed by atoms with Gasteiger partial charge in [-0.1, -0.05) is 354 Å². The van der Waals surface area contributed by atoms with Gasteiger partial charge in [-0.05, 0) is 192 Å². The van der Waals surface area contributed by atoms with E-state index < -0.39 is 0 Å². The molecule has 2 nitrogen and oxygen atoms in total. The standard InChI is InChI=1S/C54H41N.C48H37N/c1-2-3-35-55-51-20-12-11-15-45(51)50-36-44(33-34-52(50)55)41-27-31-43(32-28-41)54-48-18-9-7-16-46(48)53(47-17-8-10-19-49(47)54)42-29-25-40(26-30-42)39-23-21-38(22-24-39)37-13-5-4-6-14-37;1-2-3-31-49-45-20-12-11-15-39(45)44-32-38(29-30-46(44)49)35-23-27-37(28-24-35)48-42-18-9-7-16-40(42)47(41-17-8-10-19-43(41)48)36-25-21-34(22-26-36)33-13-5-4-6-14-33/h4-34,36H,2-3,35H2,1H3;4-30,32H,2-3,31H2,1H3. The predicted molar refractivity (Wildman–Crippen MR) is 448 cm³/mol. The number of hydrogen-bond donors (Lipinski definition) is 0. The zero-order valence-corrected chi connectivity index (χ0v) is 58.8. The molecular formula is C102H78N2. The Morgan fingerprint density at radius 2 is 0.356 bits per heavy atom. The third-order valence-corrected chi connectivity index (χ3v) is 21.7. The molecule has 104 heavy (non-hydrogen) atoms. The lowest BCUT2D eigenvalue weighted by Crippen LogP contribution is -1.96. The molecule has 0 atom stereocenters. The summed E-state index contributed by atoms with van der Waals surface area (Å²) in [5.41, 5.74) is 27.7. The minimum atomic E-state index is 1.05. The summed E-state index contributed by atoms with van der Waals surface area (Å²) < 4.78 is 5.00. The maximum Gasteiger partial charge on any atom is 0.0491 e. The van der Waals surface area contributed by atoms with Crippen molar-refractivity contribution in [2.45, 2.75) is 52.6 Å². The monoisotopic (exact) mass is 1330 g/mol. The Bertz CT molecular complexity index is 6240.